The van der Waals surface area contributed by atoms with Crippen molar-refractivity contribution in [1.29, 1.82) is 0 Å². The Labute approximate surface area is 95.8 Å². The van der Waals surface area contributed by atoms with Crippen molar-refractivity contribution >= 4 is 36.6 Å². The lowest BCUT2D eigenvalue weighted by atomic mass is 10.1. The standard InChI is InChI=1S/C7H15N3O2.2ClH/c1-5(9)10-6(7(11)12)3-2-4-8;;/h6H,2-4,8H2,1H3,(H2,9,10)(H,11,12);2*1H/t6-;;/m0../s1. The number of carboxylic acids is 1. The number of nitrogens with two attached hydrogens (primary N) is 2. The predicted molar refractivity (Wildman–Crippen MR) is 61.5 cm³/mol. The second-order valence-corrected chi connectivity index (χ2v) is 2.56. The highest BCUT2D eigenvalue weighted by Gasteiger charge is 2.14. The molecule has 0 amide bonds. The van der Waals surface area contributed by atoms with Crippen LogP contribution in [0.4, 0.5) is 0 Å². The average Bonchev–Trinajstić information content (AvgIpc) is 1.96. The minimum atomic E-state index is -0.951. The second-order valence-electron chi connectivity index (χ2n) is 2.56. The summed E-state index contributed by atoms with van der Waals surface area (Å²) >= 11 is 0. The van der Waals surface area contributed by atoms with Crippen LogP contribution >= 0.6 is 24.8 Å². The average molecular weight is 246 g/mol. The third kappa shape index (κ3) is 9.57. The molecule has 14 heavy (non-hydrogen) atoms. The van der Waals surface area contributed by atoms with Crippen molar-refractivity contribution in [1.82, 2.24) is 0 Å². The molecule has 1 atom stereocenters. The Bertz CT molecular complexity index is 184. The molecule has 0 saturated carbocycles. The van der Waals surface area contributed by atoms with Crippen LogP contribution < -0.4 is 11.5 Å². The number of halogens is 2. The summed E-state index contributed by atoms with van der Waals surface area (Å²) in [6, 6.07) is -0.737. The first-order valence-corrected chi connectivity index (χ1v) is 3.80. The number of carboxylic acid groups (broad SMARTS) is 1. The number of hydrogen-bond acceptors (Lipinski definition) is 3. The highest BCUT2D eigenvalue weighted by Crippen LogP contribution is 2.01. The zero-order valence-corrected chi connectivity index (χ0v) is 9.61. The molecule has 86 valence electrons. The molecule has 0 aliphatic carbocycles. The third-order valence-corrected chi connectivity index (χ3v) is 1.33. The topological polar surface area (TPSA) is 102 Å². The quantitative estimate of drug-likeness (QED) is 0.482. The van der Waals surface area contributed by atoms with E-state index in [9.17, 15) is 4.79 Å². The van der Waals surface area contributed by atoms with Crippen LogP contribution in [0.2, 0.25) is 0 Å². The van der Waals surface area contributed by atoms with Gasteiger partial charge in [0.05, 0.1) is 5.84 Å². The van der Waals surface area contributed by atoms with E-state index in [1.165, 1.54) is 0 Å². The van der Waals surface area contributed by atoms with E-state index in [0.29, 0.717) is 25.2 Å². The molecule has 0 saturated heterocycles. The van der Waals surface area contributed by atoms with Gasteiger partial charge >= 0.3 is 5.97 Å². The molecule has 0 fully saturated rings. The lowest BCUT2D eigenvalue weighted by molar-refractivity contribution is -0.138. The molecule has 0 rings (SSSR count). The second kappa shape index (κ2) is 10.6. The Kier molecular flexibility index (Phi) is 14.4. The van der Waals surface area contributed by atoms with Gasteiger partial charge in [-0.05, 0) is 26.3 Å². The number of aliphatic carboxylic acids is 1. The summed E-state index contributed by atoms with van der Waals surface area (Å²) in [6.45, 7) is 2.04. The Balaban J connectivity index is -0.000000605. The molecule has 0 aromatic rings. The van der Waals surface area contributed by atoms with Gasteiger partial charge < -0.3 is 16.6 Å². The minimum Gasteiger partial charge on any atom is -0.480 e. The van der Waals surface area contributed by atoms with Crippen LogP contribution in [0.15, 0.2) is 4.99 Å². The molecule has 0 aromatic carbocycles. The molecule has 5 nitrogen and oxygen atoms in total. The van der Waals surface area contributed by atoms with Crippen molar-refractivity contribution < 1.29 is 9.90 Å². The fraction of sp³-hybridized carbons (Fsp3) is 0.714. The molecule has 0 heterocycles. The molecule has 0 radical (unpaired) electrons. The van der Waals surface area contributed by atoms with Crippen LogP contribution in [0.5, 0.6) is 0 Å². The van der Waals surface area contributed by atoms with E-state index in [-0.39, 0.29) is 24.8 Å². The number of rotatable bonds is 5. The van der Waals surface area contributed by atoms with Gasteiger partial charge in [0, 0.05) is 0 Å². The van der Waals surface area contributed by atoms with Gasteiger partial charge in [-0.1, -0.05) is 0 Å². The van der Waals surface area contributed by atoms with Crippen LogP contribution in [0.25, 0.3) is 0 Å². The monoisotopic (exact) mass is 245 g/mol. The summed E-state index contributed by atoms with van der Waals surface area (Å²) in [5.41, 5.74) is 10.5. The van der Waals surface area contributed by atoms with E-state index < -0.39 is 12.0 Å². The Morgan fingerprint density at radius 2 is 2.00 bits per heavy atom. The van der Waals surface area contributed by atoms with Crippen LogP contribution in [0, 0.1) is 0 Å². The van der Waals surface area contributed by atoms with Crippen LogP contribution in [-0.2, 0) is 4.79 Å². The van der Waals surface area contributed by atoms with E-state index in [1.54, 1.807) is 6.92 Å². The molecule has 5 N–H and O–H groups in total. The van der Waals surface area contributed by atoms with Gasteiger partial charge in [0.15, 0.2) is 0 Å². The minimum absolute atomic E-state index is 0. The van der Waals surface area contributed by atoms with Crippen LogP contribution in [0.1, 0.15) is 19.8 Å². The summed E-state index contributed by atoms with van der Waals surface area (Å²) in [6.07, 6.45) is 1.09. The Morgan fingerprint density at radius 3 is 2.29 bits per heavy atom. The van der Waals surface area contributed by atoms with E-state index in [4.69, 9.17) is 16.6 Å². The number of aliphatic imine (C=N–C) groups is 1. The summed E-state index contributed by atoms with van der Waals surface area (Å²) in [5.74, 6) is -0.660. The highest BCUT2D eigenvalue weighted by atomic mass is 35.5. The van der Waals surface area contributed by atoms with Gasteiger partial charge in [-0.2, -0.15) is 0 Å². The first kappa shape index (κ1) is 19.1. The van der Waals surface area contributed by atoms with Crippen molar-refractivity contribution in [3.05, 3.63) is 0 Å². The summed E-state index contributed by atoms with van der Waals surface area (Å²) in [4.78, 5) is 14.3. The van der Waals surface area contributed by atoms with Crippen molar-refractivity contribution in [2.45, 2.75) is 25.8 Å². The Hall–Kier alpha value is -0.520. The van der Waals surface area contributed by atoms with Crippen LogP contribution in [0.3, 0.4) is 0 Å². The number of carbonyl (C=O) groups is 1. The molecule has 0 aliphatic heterocycles. The maximum atomic E-state index is 10.5. The molecular formula is C7H17Cl2N3O2. The number of nitrogens with zero attached hydrogens (tertiary/aromatic N) is 1. The van der Waals surface area contributed by atoms with E-state index in [0.717, 1.165) is 0 Å². The zero-order valence-electron chi connectivity index (χ0n) is 7.97. The van der Waals surface area contributed by atoms with Crippen molar-refractivity contribution in [3.8, 4) is 0 Å². The molecule has 0 bridgehead atoms. The predicted octanol–water partition coefficient (Wildman–Crippen LogP) is 0.399. The fourth-order valence-corrected chi connectivity index (χ4v) is 0.800. The van der Waals surface area contributed by atoms with Gasteiger partial charge in [0.2, 0.25) is 0 Å². The normalized spacial score (nSPS) is 12.3. The first-order chi connectivity index (χ1) is 5.57. The van der Waals surface area contributed by atoms with Gasteiger partial charge in [0.25, 0.3) is 0 Å². The smallest absolute Gasteiger partial charge is 0.328 e. The molecule has 0 unspecified atom stereocenters. The van der Waals surface area contributed by atoms with Crippen molar-refractivity contribution in [2.24, 2.45) is 16.5 Å². The molecular weight excluding hydrogens is 229 g/mol. The number of hydrogen-bond donors (Lipinski definition) is 3. The maximum Gasteiger partial charge on any atom is 0.328 e. The van der Waals surface area contributed by atoms with Gasteiger partial charge in [-0.3, -0.25) is 4.99 Å². The van der Waals surface area contributed by atoms with Gasteiger partial charge in [-0.15, -0.1) is 24.8 Å². The largest absolute Gasteiger partial charge is 0.480 e. The molecule has 0 aliphatic rings. The first-order valence-electron chi connectivity index (χ1n) is 3.80. The maximum absolute atomic E-state index is 10.5. The molecule has 7 heteroatoms. The zero-order chi connectivity index (χ0) is 9.56. The summed E-state index contributed by atoms with van der Waals surface area (Å²) < 4.78 is 0. The highest BCUT2D eigenvalue weighted by molar-refractivity contribution is 5.85. The Morgan fingerprint density at radius 1 is 1.50 bits per heavy atom. The van der Waals surface area contributed by atoms with Crippen molar-refractivity contribution in [2.75, 3.05) is 6.54 Å². The lowest BCUT2D eigenvalue weighted by Gasteiger charge is -2.06. The summed E-state index contributed by atoms with van der Waals surface area (Å²) in [5, 5.41) is 8.65. The van der Waals surface area contributed by atoms with E-state index in [2.05, 4.69) is 4.99 Å². The fourth-order valence-electron chi connectivity index (χ4n) is 0.800. The van der Waals surface area contributed by atoms with Gasteiger partial charge in [-0.25, -0.2) is 4.79 Å². The van der Waals surface area contributed by atoms with Crippen molar-refractivity contribution in [3.63, 3.8) is 0 Å². The van der Waals surface area contributed by atoms with E-state index >= 15 is 0 Å². The SMILES string of the molecule is CC(N)=N[C@@H](CCCN)C(=O)O.Cl.Cl. The van der Waals surface area contributed by atoms with Gasteiger partial charge in [0.1, 0.15) is 6.04 Å². The molecule has 0 spiro atoms. The van der Waals surface area contributed by atoms with Crippen LogP contribution in [-0.4, -0.2) is 29.5 Å². The number of amidine groups is 1. The molecule has 0 aromatic heterocycles. The third-order valence-electron chi connectivity index (χ3n) is 1.33. The summed E-state index contributed by atoms with van der Waals surface area (Å²) in [7, 11) is 0. The van der Waals surface area contributed by atoms with E-state index in [1.807, 2.05) is 0 Å². The lowest BCUT2D eigenvalue weighted by Crippen LogP contribution is -2.22.